The minimum absolute atomic E-state index is 0.492. The van der Waals surface area contributed by atoms with Gasteiger partial charge in [0.2, 0.25) is 0 Å². The first kappa shape index (κ1) is 12.1. The summed E-state index contributed by atoms with van der Waals surface area (Å²) < 4.78 is 6.10. The Balaban J connectivity index is 2.67. The number of ether oxygens (including phenoxy) is 1. The molecule has 14 heavy (non-hydrogen) atoms. The zero-order chi connectivity index (χ0) is 10.6. The molecular formula is C12H20OSn. The second kappa shape index (κ2) is 5.17. The first-order valence-electron chi connectivity index (χ1n) is 5.11. The van der Waals surface area contributed by atoms with E-state index in [0.717, 1.165) is 6.42 Å². The van der Waals surface area contributed by atoms with Gasteiger partial charge >= 0.3 is 91.5 Å². The average Bonchev–Trinajstić information content (AvgIpc) is 2.14. The molecule has 1 nitrogen and oxygen atoms in total. The molecule has 1 aromatic carbocycles. The topological polar surface area (TPSA) is 9.23 Å². The van der Waals surface area contributed by atoms with E-state index in [0.29, 0.717) is 4.12 Å². The Kier molecular flexibility index (Phi) is 4.45. The molecule has 0 spiro atoms. The van der Waals surface area contributed by atoms with E-state index in [9.17, 15) is 0 Å². The van der Waals surface area contributed by atoms with E-state index in [4.69, 9.17) is 4.74 Å². The molecule has 1 rings (SSSR count). The van der Waals surface area contributed by atoms with Crippen molar-refractivity contribution in [3.8, 4) is 0 Å². The van der Waals surface area contributed by atoms with Crippen molar-refractivity contribution in [3.05, 3.63) is 35.9 Å². The molecule has 0 heterocycles. The summed E-state index contributed by atoms with van der Waals surface area (Å²) in [5.74, 6) is 0. The van der Waals surface area contributed by atoms with Gasteiger partial charge in [-0.25, -0.2) is 0 Å². The monoisotopic (exact) mass is 300 g/mol. The second-order valence-electron chi connectivity index (χ2n) is 4.78. The molecule has 0 bridgehead atoms. The summed E-state index contributed by atoms with van der Waals surface area (Å²) in [7, 11) is 1.84. The van der Waals surface area contributed by atoms with Gasteiger partial charge in [-0.1, -0.05) is 0 Å². The maximum atomic E-state index is 5.61. The predicted octanol–water partition coefficient (Wildman–Crippen LogP) is 3.12. The summed E-state index contributed by atoms with van der Waals surface area (Å²) in [6.07, 6.45) is 1.08. The molecular weight excluding hydrogens is 279 g/mol. The van der Waals surface area contributed by atoms with Crippen LogP contribution in [0.1, 0.15) is 5.56 Å². The van der Waals surface area contributed by atoms with Crippen molar-refractivity contribution in [2.45, 2.75) is 25.4 Å². The van der Waals surface area contributed by atoms with Crippen LogP contribution in [-0.2, 0) is 11.2 Å². The Bertz CT molecular complexity index is 263. The van der Waals surface area contributed by atoms with E-state index < -0.39 is 18.4 Å². The Morgan fingerprint density at radius 1 is 1.14 bits per heavy atom. The Hall–Kier alpha value is -0.0213. The average molecular weight is 299 g/mol. The first-order chi connectivity index (χ1) is 6.54. The van der Waals surface area contributed by atoms with Crippen molar-refractivity contribution in [2.75, 3.05) is 7.11 Å². The molecule has 1 aromatic rings. The van der Waals surface area contributed by atoms with Crippen LogP contribution in [0.15, 0.2) is 30.3 Å². The molecule has 0 radical (unpaired) electrons. The molecule has 0 N–H and O–H groups in total. The van der Waals surface area contributed by atoms with Crippen molar-refractivity contribution in [2.24, 2.45) is 0 Å². The molecule has 0 saturated carbocycles. The van der Waals surface area contributed by atoms with Gasteiger partial charge in [0.15, 0.2) is 0 Å². The fourth-order valence-corrected chi connectivity index (χ4v) is 6.01. The Morgan fingerprint density at radius 3 is 2.14 bits per heavy atom. The van der Waals surface area contributed by atoms with Crippen molar-refractivity contribution in [1.29, 1.82) is 0 Å². The van der Waals surface area contributed by atoms with Crippen LogP contribution in [0.4, 0.5) is 0 Å². The van der Waals surface area contributed by atoms with Gasteiger partial charge in [0, 0.05) is 0 Å². The molecule has 0 aliphatic heterocycles. The molecule has 0 amide bonds. The molecule has 1 atom stereocenters. The Labute approximate surface area is 91.4 Å². The zero-order valence-corrected chi connectivity index (χ0v) is 12.4. The van der Waals surface area contributed by atoms with Gasteiger partial charge in [0.05, 0.1) is 0 Å². The quantitative estimate of drug-likeness (QED) is 0.776. The molecule has 1 unspecified atom stereocenters. The first-order valence-corrected chi connectivity index (χ1v) is 15.3. The summed E-state index contributed by atoms with van der Waals surface area (Å²) in [5, 5.41) is 0. The summed E-state index contributed by atoms with van der Waals surface area (Å²) in [6.45, 7) is 0. The predicted molar refractivity (Wildman–Crippen MR) is 64.3 cm³/mol. The van der Waals surface area contributed by atoms with Crippen molar-refractivity contribution in [3.63, 3.8) is 0 Å². The van der Waals surface area contributed by atoms with E-state index in [2.05, 4.69) is 45.2 Å². The van der Waals surface area contributed by atoms with Crippen LogP contribution in [0.3, 0.4) is 0 Å². The van der Waals surface area contributed by atoms with Crippen molar-refractivity contribution < 1.29 is 4.74 Å². The van der Waals surface area contributed by atoms with E-state index >= 15 is 0 Å². The molecule has 0 aromatic heterocycles. The number of benzene rings is 1. The van der Waals surface area contributed by atoms with Gasteiger partial charge in [-0.3, -0.25) is 0 Å². The normalized spacial score (nSPS) is 14.0. The van der Waals surface area contributed by atoms with Crippen LogP contribution in [0.5, 0.6) is 0 Å². The van der Waals surface area contributed by atoms with E-state index in [1.54, 1.807) is 0 Å². The minimum atomic E-state index is -1.90. The molecule has 0 saturated heterocycles. The molecule has 0 fully saturated rings. The Morgan fingerprint density at radius 2 is 1.71 bits per heavy atom. The van der Waals surface area contributed by atoms with Crippen molar-refractivity contribution in [1.82, 2.24) is 0 Å². The molecule has 0 aliphatic rings. The summed E-state index contributed by atoms with van der Waals surface area (Å²) in [4.78, 5) is 7.27. The SMILES string of the molecule is CO[CH](Cc1ccccc1)[Sn]([CH3])([CH3])[CH3]. The van der Waals surface area contributed by atoms with Crippen LogP contribution in [0.25, 0.3) is 0 Å². The zero-order valence-electron chi connectivity index (χ0n) is 9.58. The molecule has 78 valence electrons. The van der Waals surface area contributed by atoms with Crippen molar-refractivity contribution >= 4 is 18.4 Å². The number of hydrogen-bond acceptors (Lipinski definition) is 1. The maximum absolute atomic E-state index is 5.61. The number of hydrogen-bond donors (Lipinski definition) is 0. The van der Waals surface area contributed by atoms with Crippen LogP contribution in [-0.4, -0.2) is 29.6 Å². The van der Waals surface area contributed by atoms with Gasteiger partial charge in [-0.2, -0.15) is 0 Å². The fraction of sp³-hybridized carbons (Fsp3) is 0.500. The summed E-state index contributed by atoms with van der Waals surface area (Å²) in [6, 6.07) is 10.6. The third-order valence-corrected chi connectivity index (χ3v) is 9.28. The van der Waals surface area contributed by atoms with E-state index in [-0.39, 0.29) is 0 Å². The number of rotatable bonds is 4. The summed E-state index contributed by atoms with van der Waals surface area (Å²) in [5.41, 5.74) is 1.39. The third-order valence-electron chi connectivity index (χ3n) is 2.51. The fourth-order valence-electron chi connectivity index (χ4n) is 1.57. The number of methoxy groups -OCH3 is 1. The standard InChI is InChI=1S/C9H11O.3CH3.Sn/c1-10-8-7-9-5-3-2-4-6-9;;;;/h2-6,8H,7H2,1H3;3*1H3;. The molecule has 2 heteroatoms. The van der Waals surface area contributed by atoms with E-state index in [1.807, 2.05) is 7.11 Å². The van der Waals surface area contributed by atoms with Crippen LogP contribution in [0, 0.1) is 0 Å². The second-order valence-corrected chi connectivity index (χ2v) is 20.1. The van der Waals surface area contributed by atoms with Gasteiger partial charge in [-0.15, -0.1) is 0 Å². The van der Waals surface area contributed by atoms with Gasteiger partial charge in [-0.05, 0) is 0 Å². The van der Waals surface area contributed by atoms with E-state index in [1.165, 1.54) is 5.56 Å². The summed E-state index contributed by atoms with van der Waals surface area (Å²) >= 11 is -1.90. The van der Waals surface area contributed by atoms with Gasteiger partial charge < -0.3 is 0 Å². The van der Waals surface area contributed by atoms with Crippen LogP contribution >= 0.6 is 0 Å². The third kappa shape index (κ3) is 3.62. The van der Waals surface area contributed by atoms with Gasteiger partial charge in [0.1, 0.15) is 0 Å². The molecule has 0 aliphatic carbocycles. The van der Waals surface area contributed by atoms with Gasteiger partial charge in [0.25, 0.3) is 0 Å². The van der Waals surface area contributed by atoms with Crippen LogP contribution in [0.2, 0.25) is 14.8 Å². The van der Waals surface area contributed by atoms with Crippen LogP contribution < -0.4 is 0 Å².